The summed E-state index contributed by atoms with van der Waals surface area (Å²) in [6.45, 7) is 3.78. The molecule has 0 saturated heterocycles. The number of hydrazone groups is 1. The fourth-order valence-electron chi connectivity index (χ4n) is 3.17. The first kappa shape index (κ1) is 19.4. The van der Waals surface area contributed by atoms with Crippen LogP contribution in [0.5, 0.6) is 17.2 Å². The third-order valence-corrected chi connectivity index (χ3v) is 4.59. The predicted molar refractivity (Wildman–Crippen MR) is 111 cm³/mol. The van der Waals surface area contributed by atoms with Crippen molar-refractivity contribution >= 4 is 22.9 Å². The van der Waals surface area contributed by atoms with Crippen LogP contribution in [-0.4, -0.2) is 35.8 Å². The quantitative estimate of drug-likeness (QED) is 0.514. The topological polar surface area (TPSA) is 104 Å². The number of nitrogens with zero attached hydrogens (tertiary/aromatic N) is 3. The SMILES string of the molecule is COc1cc(/C=N\NC(=O)c2nn(C(C)C)c(=O)c3ccccc23)cc2c1OCO2. The zero-order chi connectivity index (χ0) is 21.3. The fraction of sp³-hybridized carbons (Fsp3) is 0.238. The van der Waals surface area contributed by atoms with Crippen LogP contribution in [0.15, 0.2) is 46.3 Å². The molecule has 0 bridgehead atoms. The number of nitrogens with one attached hydrogen (secondary N) is 1. The van der Waals surface area contributed by atoms with E-state index in [0.717, 1.165) is 0 Å². The first-order valence-corrected chi connectivity index (χ1v) is 9.32. The van der Waals surface area contributed by atoms with Gasteiger partial charge in [0, 0.05) is 10.9 Å². The molecule has 30 heavy (non-hydrogen) atoms. The molecule has 0 radical (unpaired) electrons. The smallest absolute Gasteiger partial charge is 0.292 e. The number of carbonyl (C=O) groups excluding carboxylic acids is 1. The number of fused-ring (bicyclic) bond motifs is 2. The predicted octanol–water partition coefficient (Wildman–Crippen LogP) is 2.48. The molecule has 9 nitrogen and oxygen atoms in total. The Balaban J connectivity index is 1.63. The molecule has 0 spiro atoms. The Labute approximate surface area is 171 Å². The van der Waals surface area contributed by atoms with Crippen LogP contribution in [0.1, 0.15) is 35.9 Å². The van der Waals surface area contributed by atoms with E-state index in [1.807, 2.05) is 13.8 Å². The second-order valence-electron chi connectivity index (χ2n) is 6.89. The molecule has 1 aliphatic heterocycles. The summed E-state index contributed by atoms with van der Waals surface area (Å²) in [5.41, 5.74) is 3.01. The van der Waals surface area contributed by atoms with Crippen molar-refractivity contribution in [3.05, 3.63) is 58.0 Å². The lowest BCUT2D eigenvalue weighted by atomic mass is 10.1. The highest BCUT2D eigenvalue weighted by Crippen LogP contribution is 2.41. The Hall–Kier alpha value is -3.88. The Kier molecular flexibility index (Phi) is 5.09. The Bertz CT molecular complexity index is 1220. The van der Waals surface area contributed by atoms with Crippen LogP contribution < -0.4 is 25.2 Å². The van der Waals surface area contributed by atoms with Crippen molar-refractivity contribution in [3.8, 4) is 17.2 Å². The second kappa shape index (κ2) is 7.86. The average molecular weight is 408 g/mol. The van der Waals surface area contributed by atoms with Gasteiger partial charge in [0.1, 0.15) is 0 Å². The molecule has 0 atom stereocenters. The average Bonchev–Trinajstić information content (AvgIpc) is 3.22. The number of rotatable bonds is 5. The van der Waals surface area contributed by atoms with Crippen LogP contribution in [0, 0.1) is 0 Å². The van der Waals surface area contributed by atoms with E-state index < -0.39 is 5.91 Å². The van der Waals surface area contributed by atoms with Crippen molar-refractivity contribution in [3.63, 3.8) is 0 Å². The minimum absolute atomic E-state index is 0.118. The largest absolute Gasteiger partial charge is 0.493 e. The van der Waals surface area contributed by atoms with Gasteiger partial charge in [0.25, 0.3) is 11.5 Å². The van der Waals surface area contributed by atoms with E-state index in [1.54, 1.807) is 36.4 Å². The first-order chi connectivity index (χ1) is 14.5. The minimum atomic E-state index is -0.524. The maximum absolute atomic E-state index is 12.8. The van der Waals surface area contributed by atoms with Crippen molar-refractivity contribution in [2.75, 3.05) is 13.9 Å². The fourth-order valence-corrected chi connectivity index (χ4v) is 3.17. The second-order valence-corrected chi connectivity index (χ2v) is 6.89. The molecule has 3 aromatic rings. The number of ether oxygens (including phenoxy) is 3. The van der Waals surface area contributed by atoms with E-state index in [1.165, 1.54) is 18.0 Å². The zero-order valence-electron chi connectivity index (χ0n) is 16.7. The molecule has 1 amide bonds. The molecule has 0 saturated carbocycles. The lowest BCUT2D eigenvalue weighted by Gasteiger charge is -2.12. The van der Waals surface area contributed by atoms with Crippen LogP contribution >= 0.6 is 0 Å². The van der Waals surface area contributed by atoms with Gasteiger partial charge in [-0.15, -0.1) is 0 Å². The number of aromatic nitrogens is 2. The van der Waals surface area contributed by atoms with Crippen LogP contribution in [-0.2, 0) is 0 Å². The van der Waals surface area contributed by atoms with Gasteiger partial charge in [-0.25, -0.2) is 10.1 Å². The third kappa shape index (κ3) is 3.45. The molecule has 2 heterocycles. The van der Waals surface area contributed by atoms with E-state index >= 15 is 0 Å². The van der Waals surface area contributed by atoms with Gasteiger partial charge in [-0.2, -0.15) is 10.2 Å². The van der Waals surface area contributed by atoms with Crippen LogP contribution in [0.4, 0.5) is 0 Å². The molecule has 154 valence electrons. The number of amides is 1. The molecule has 0 aliphatic carbocycles. The lowest BCUT2D eigenvalue weighted by Crippen LogP contribution is -2.30. The highest BCUT2D eigenvalue weighted by molar-refractivity contribution is 6.05. The van der Waals surface area contributed by atoms with Crippen molar-refractivity contribution < 1.29 is 19.0 Å². The standard InChI is InChI=1S/C21H20N4O5/c1-12(2)25-21(27)15-7-5-4-6-14(15)18(24-25)20(26)23-22-10-13-8-16(28-3)19-17(9-13)29-11-30-19/h4-10,12H,11H2,1-3H3,(H,23,26)/b22-10-. The maximum Gasteiger partial charge on any atom is 0.292 e. The molecule has 2 aromatic carbocycles. The van der Waals surface area contributed by atoms with E-state index in [0.29, 0.717) is 33.6 Å². The normalized spacial score (nSPS) is 12.7. The van der Waals surface area contributed by atoms with E-state index in [2.05, 4.69) is 15.6 Å². The summed E-state index contributed by atoms with van der Waals surface area (Å²) in [6, 6.07) is 10.1. The lowest BCUT2D eigenvalue weighted by molar-refractivity contribution is 0.0949. The van der Waals surface area contributed by atoms with Crippen molar-refractivity contribution in [1.29, 1.82) is 0 Å². The van der Waals surface area contributed by atoms with Gasteiger partial charge in [0.2, 0.25) is 12.5 Å². The summed E-state index contributed by atoms with van der Waals surface area (Å²) < 4.78 is 17.3. The highest BCUT2D eigenvalue weighted by atomic mass is 16.7. The molecule has 1 aromatic heterocycles. The number of hydrogen-bond acceptors (Lipinski definition) is 7. The van der Waals surface area contributed by atoms with Crippen LogP contribution in [0.2, 0.25) is 0 Å². The number of methoxy groups -OCH3 is 1. The minimum Gasteiger partial charge on any atom is -0.493 e. The van der Waals surface area contributed by atoms with Gasteiger partial charge in [0.05, 0.1) is 24.8 Å². The first-order valence-electron chi connectivity index (χ1n) is 9.32. The van der Waals surface area contributed by atoms with Gasteiger partial charge in [0.15, 0.2) is 17.2 Å². The van der Waals surface area contributed by atoms with Gasteiger partial charge >= 0.3 is 0 Å². The molecular formula is C21H20N4O5. The van der Waals surface area contributed by atoms with Crippen molar-refractivity contribution in [2.24, 2.45) is 5.10 Å². The summed E-state index contributed by atoms with van der Waals surface area (Å²) in [7, 11) is 1.53. The zero-order valence-corrected chi connectivity index (χ0v) is 16.7. The van der Waals surface area contributed by atoms with Gasteiger partial charge in [-0.3, -0.25) is 9.59 Å². The number of hydrogen-bond donors (Lipinski definition) is 1. The van der Waals surface area contributed by atoms with Gasteiger partial charge in [-0.05, 0) is 32.0 Å². The summed E-state index contributed by atoms with van der Waals surface area (Å²) in [5.74, 6) is 1.06. The summed E-state index contributed by atoms with van der Waals surface area (Å²) in [5, 5.41) is 9.18. The summed E-state index contributed by atoms with van der Waals surface area (Å²) in [6.07, 6.45) is 1.46. The highest BCUT2D eigenvalue weighted by Gasteiger charge is 2.20. The Morgan fingerprint density at radius 3 is 2.77 bits per heavy atom. The summed E-state index contributed by atoms with van der Waals surface area (Å²) >= 11 is 0. The molecule has 9 heteroatoms. The van der Waals surface area contributed by atoms with E-state index in [4.69, 9.17) is 14.2 Å². The number of carbonyl (C=O) groups is 1. The van der Waals surface area contributed by atoms with Crippen molar-refractivity contribution in [1.82, 2.24) is 15.2 Å². The molecule has 0 unspecified atom stereocenters. The van der Waals surface area contributed by atoms with Crippen molar-refractivity contribution in [2.45, 2.75) is 19.9 Å². The molecule has 0 fully saturated rings. The number of benzene rings is 2. The summed E-state index contributed by atoms with van der Waals surface area (Å²) in [4.78, 5) is 25.4. The molecule has 1 aliphatic rings. The third-order valence-electron chi connectivity index (χ3n) is 4.59. The Morgan fingerprint density at radius 1 is 1.27 bits per heavy atom. The van der Waals surface area contributed by atoms with Gasteiger partial charge < -0.3 is 14.2 Å². The maximum atomic E-state index is 12.8. The van der Waals surface area contributed by atoms with E-state index in [9.17, 15) is 9.59 Å². The van der Waals surface area contributed by atoms with Crippen LogP contribution in [0.25, 0.3) is 10.8 Å². The Morgan fingerprint density at radius 2 is 2.03 bits per heavy atom. The van der Waals surface area contributed by atoms with Gasteiger partial charge in [-0.1, -0.05) is 18.2 Å². The molecule has 4 rings (SSSR count). The molecule has 1 N–H and O–H groups in total. The monoisotopic (exact) mass is 408 g/mol. The van der Waals surface area contributed by atoms with Crippen LogP contribution in [0.3, 0.4) is 0 Å². The van der Waals surface area contributed by atoms with E-state index in [-0.39, 0.29) is 24.1 Å². The molecular weight excluding hydrogens is 388 g/mol.